The fourth-order valence-corrected chi connectivity index (χ4v) is 2.89. The summed E-state index contributed by atoms with van der Waals surface area (Å²) >= 11 is 0. The van der Waals surface area contributed by atoms with Crippen molar-refractivity contribution in [2.24, 2.45) is 0 Å². The Morgan fingerprint density at radius 1 is 1.04 bits per heavy atom. The molecule has 5 nitrogen and oxygen atoms in total. The highest BCUT2D eigenvalue weighted by atomic mass is 16.5. The number of nitrogens with zero attached hydrogens (tertiary/aromatic N) is 1. The van der Waals surface area contributed by atoms with Crippen LogP contribution in [0, 0.1) is 20.8 Å². The predicted octanol–water partition coefficient (Wildman–Crippen LogP) is 3.35. The van der Waals surface area contributed by atoms with Crippen molar-refractivity contribution in [3.8, 4) is 5.75 Å². The number of hydrogen-bond donors (Lipinski definition) is 1. The van der Waals surface area contributed by atoms with Crippen LogP contribution >= 0.6 is 0 Å². The quantitative estimate of drug-likeness (QED) is 0.875. The number of carboxylic acid groups (broad SMARTS) is 1. The minimum atomic E-state index is -1.02. The van der Waals surface area contributed by atoms with Gasteiger partial charge in [0.2, 0.25) is 0 Å². The second kappa shape index (κ2) is 7.83. The zero-order valence-corrected chi connectivity index (χ0v) is 15.0. The maximum absolute atomic E-state index is 12.8. The Morgan fingerprint density at radius 2 is 1.60 bits per heavy atom. The van der Waals surface area contributed by atoms with Gasteiger partial charge in [-0.15, -0.1) is 0 Å². The van der Waals surface area contributed by atoms with Gasteiger partial charge in [-0.3, -0.25) is 4.79 Å². The van der Waals surface area contributed by atoms with Gasteiger partial charge in [0.25, 0.3) is 5.91 Å². The summed E-state index contributed by atoms with van der Waals surface area (Å²) in [6.45, 7) is 6.02. The van der Waals surface area contributed by atoms with Crippen LogP contribution in [-0.4, -0.2) is 35.5 Å². The first kappa shape index (κ1) is 18.5. The molecule has 2 aromatic rings. The second-order valence-corrected chi connectivity index (χ2v) is 6.26. The van der Waals surface area contributed by atoms with E-state index in [0.717, 1.165) is 27.8 Å². The van der Waals surface area contributed by atoms with E-state index in [1.807, 2.05) is 45.0 Å². The molecule has 0 aliphatic carbocycles. The van der Waals surface area contributed by atoms with Crippen LogP contribution in [0.3, 0.4) is 0 Å². The highest BCUT2D eigenvalue weighted by molar-refractivity contribution is 5.97. The van der Waals surface area contributed by atoms with Crippen molar-refractivity contribution in [1.82, 2.24) is 4.90 Å². The lowest BCUT2D eigenvalue weighted by molar-refractivity contribution is -0.139. The number of carbonyl (C=O) groups excluding carboxylic acids is 1. The van der Waals surface area contributed by atoms with Crippen LogP contribution in [0.4, 0.5) is 0 Å². The van der Waals surface area contributed by atoms with Gasteiger partial charge in [-0.05, 0) is 49.6 Å². The van der Waals surface area contributed by atoms with Crippen LogP contribution in [0.15, 0.2) is 36.4 Å². The van der Waals surface area contributed by atoms with Gasteiger partial charge >= 0.3 is 5.97 Å². The van der Waals surface area contributed by atoms with Gasteiger partial charge in [0.1, 0.15) is 5.75 Å². The number of aryl methyl sites for hydroxylation is 3. The smallest absolute Gasteiger partial charge is 0.341 e. The van der Waals surface area contributed by atoms with E-state index in [4.69, 9.17) is 9.84 Å². The summed E-state index contributed by atoms with van der Waals surface area (Å²) in [6.07, 6.45) is 0. The van der Waals surface area contributed by atoms with Crippen molar-refractivity contribution in [3.63, 3.8) is 0 Å². The summed E-state index contributed by atoms with van der Waals surface area (Å²) in [5.41, 5.74) is 4.79. The SMILES string of the molecule is Cc1cc(C)c(C(=O)N(C)Cc2ccc(OCC(=O)O)cc2)c(C)c1. The van der Waals surface area contributed by atoms with Gasteiger partial charge in [0.15, 0.2) is 6.61 Å². The van der Waals surface area contributed by atoms with Crippen molar-refractivity contribution in [3.05, 3.63) is 64.2 Å². The van der Waals surface area contributed by atoms with Crippen molar-refractivity contribution >= 4 is 11.9 Å². The van der Waals surface area contributed by atoms with E-state index in [0.29, 0.717) is 12.3 Å². The number of hydrogen-bond acceptors (Lipinski definition) is 3. The lowest BCUT2D eigenvalue weighted by Gasteiger charge is -2.20. The molecule has 0 spiro atoms. The normalized spacial score (nSPS) is 10.4. The molecule has 2 rings (SSSR count). The van der Waals surface area contributed by atoms with Gasteiger partial charge in [-0.1, -0.05) is 29.8 Å². The number of amides is 1. The molecular formula is C20H23NO4. The number of rotatable bonds is 6. The Balaban J connectivity index is 2.08. The van der Waals surface area contributed by atoms with E-state index in [1.165, 1.54) is 0 Å². The zero-order valence-electron chi connectivity index (χ0n) is 15.0. The highest BCUT2D eigenvalue weighted by Gasteiger charge is 2.17. The molecule has 0 aliphatic rings. The first-order chi connectivity index (χ1) is 11.8. The molecule has 0 radical (unpaired) electrons. The molecule has 0 aromatic heterocycles. The molecule has 0 heterocycles. The third-order valence-electron chi connectivity index (χ3n) is 3.94. The van der Waals surface area contributed by atoms with E-state index in [-0.39, 0.29) is 12.5 Å². The number of carbonyl (C=O) groups is 2. The van der Waals surface area contributed by atoms with Crippen LogP contribution in [0.25, 0.3) is 0 Å². The van der Waals surface area contributed by atoms with Crippen LogP contribution in [0.1, 0.15) is 32.6 Å². The maximum Gasteiger partial charge on any atom is 0.341 e. The first-order valence-electron chi connectivity index (χ1n) is 8.04. The predicted molar refractivity (Wildman–Crippen MR) is 96.0 cm³/mol. The van der Waals surface area contributed by atoms with E-state index < -0.39 is 5.97 Å². The Bertz CT molecular complexity index is 758. The summed E-state index contributed by atoms with van der Waals surface area (Å²) in [5, 5.41) is 8.61. The van der Waals surface area contributed by atoms with Gasteiger partial charge in [-0.2, -0.15) is 0 Å². The molecule has 25 heavy (non-hydrogen) atoms. The summed E-state index contributed by atoms with van der Waals surface area (Å²) in [5.74, 6) is -0.537. The van der Waals surface area contributed by atoms with Crippen LogP contribution in [0.5, 0.6) is 5.75 Å². The number of ether oxygens (including phenoxy) is 1. The monoisotopic (exact) mass is 341 g/mol. The van der Waals surface area contributed by atoms with Crippen molar-refractivity contribution in [2.45, 2.75) is 27.3 Å². The standard InChI is InChI=1S/C20H23NO4/c1-13-9-14(2)19(15(3)10-13)20(24)21(4)11-16-5-7-17(8-6-16)25-12-18(22)23/h5-10H,11-12H2,1-4H3,(H,22,23). The van der Waals surface area contributed by atoms with Gasteiger partial charge < -0.3 is 14.7 Å². The van der Waals surface area contributed by atoms with Crippen LogP contribution in [-0.2, 0) is 11.3 Å². The van der Waals surface area contributed by atoms with E-state index in [2.05, 4.69) is 0 Å². The molecule has 2 aromatic carbocycles. The maximum atomic E-state index is 12.8. The molecule has 0 fully saturated rings. The molecule has 0 saturated carbocycles. The molecule has 132 valence electrons. The summed E-state index contributed by atoms with van der Waals surface area (Å²) in [6, 6.07) is 11.1. The fraction of sp³-hybridized carbons (Fsp3) is 0.300. The Morgan fingerprint density at radius 3 is 2.12 bits per heavy atom. The summed E-state index contributed by atoms with van der Waals surface area (Å²) < 4.78 is 5.11. The molecule has 5 heteroatoms. The average molecular weight is 341 g/mol. The Kier molecular flexibility index (Phi) is 5.80. The average Bonchev–Trinajstić information content (AvgIpc) is 2.53. The minimum absolute atomic E-state index is 0.0128. The lowest BCUT2D eigenvalue weighted by atomic mass is 9.98. The molecule has 0 atom stereocenters. The van der Waals surface area contributed by atoms with Gasteiger partial charge in [-0.25, -0.2) is 4.79 Å². The number of benzene rings is 2. The van der Waals surface area contributed by atoms with E-state index in [9.17, 15) is 9.59 Å². The van der Waals surface area contributed by atoms with Crippen LogP contribution < -0.4 is 4.74 Å². The van der Waals surface area contributed by atoms with Crippen molar-refractivity contribution < 1.29 is 19.4 Å². The van der Waals surface area contributed by atoms with Crippen molar-refractivity contribution in [2.75, 3.05) is 13.7 Å². The topological polar surface area (TPSA) is 66.8 Å². The van der Waals surface area contributed by atoms with Crippen LogP contribution in [0.2, 0.25) is 0 Å². The highest BCUT2D eigenvalue weighted by Crippen LogP contribution is 2.20. The third kappa shape index (κ3) is 4.83. The molecule has 1 amide bonds. The largest absolute Gasteiger partial charge is 0.482 e. The van der Waals surface area contributed by atoms with Gasteiger partial charge in [0, 0.05) is 19.2 Å². The zero-order chi connectivity index (χ0) is 18.6. The summed E-state index contributed by atoms with van der Waals surface area (Å²) in [4.78, 5) is 25.0. The first-order valence-corrected chi connectivity index (χ1v) is 8.04. The third-order valence-corrected chi connectivity index (χ3v) is 3.94. The Hall–Kier alpha value is -2.82. The lowest BCUT2D eigenvalue weighted by Crippen LogP contribution is -2.27. The molecule has 0 aliphatic heterocycles. The van der Waals surface area contributed by atoms with Gasteiger partial charge in [0.05, 0.1) is 0 Å². The number of aliphatic carboxylic acids is 1. The van der Waals surface area contributed by atoms with E-state index >= 15 is 0 Å². The fourth-order valence-electron chi connectivity index (χ4n) is 2.89. The second-order valence-electron chi connectivity index (χ2n) is 6.26. The molecule has 0 saturated heterocycles. The Labute approximate surface area is 147 Å². The number of carboxylic acids is 1. The molecule has 0 unspecified atom stereocenters. The molecule has 1 N–H and O–H groups in total. The molecular weight excluding hydrogens is 318 g/mol. The minimum Gasteiger partial charge on any atom is -0.482 e. The van der Waals surface area contributed by atoms with E-state index in [1.54, 1.807) is 24.1 Å². The van der Waals surface area contributed by atoms with Crippen molar-refractivity contribution in [1.29, 1.82) is 0 Å². The summed E-state index contributed by atoms with van der Waals surface area (Å²) in [7, 11) is 1.77. The molecule has 0 bridgehead atoms.